The van der Waals surface area contributed by atoms with Crippen LogP contribution in [0.4, 0.5) is 0 Å². The van der Waals surface area contributed by atoms with Crippen molar-refractivity contribution in [3.05, 3.63) is 12.2 Å². The Morgan fingerprint density at radius 1 is 1.06 bits per heavy atom. The van der Waals surface area contributed by atoms with Crippen LogP contribution in [0.5, 0.6) is 0 Å². The van der Waals surface area contributed by atoms with Crippen LogP contribution in [-0.4, -0.2) is 14.8 Å². The maximum Gasteiger partial charge on any atom is 0.133 e. The first-order valence-corrected chi connectivity index (χ1v) is 7.14. The van der Waals surface area contributed by atoms with Gasteiger partial charge in [0.15, 0.2) is 0 Å². The van der Waals surface area contributed by atoms with E-state index < -0.39 is 0 Å². The molecule has 0 atom stereocenters. The smallest absolute Gasteiger partial charge is 0.133 e. The van der Waals surface area contributed by atoms with Crippen molar-refractivity contribution in [1.29, 1.82) is 0 Å². The van der Waals surface area contributed by atoms with Crippen molar-refractivity contribution in [1.82, 2.24) is 14.8 Å². The van der Waals surface area contributed by atoms with E-state index in [4.69, 9.17) is 0 Å². The molecular weight excluding hydrogens is 210 g/mol. The van der Waals surface area contributed by atoms with E-state index >= 15 is 0 Å². The number of nitrogens with zero attached hydrogens (tertiary/aromatic N) is 3. The summed E-state index contributed by atoms with van der Waals surface area (Å²) in [4.78, 5) is 0. The molecule has 0 unspecified atom stereocenters. The quantitative estimate of drug-likeness (QED) is 0.604. The topological polar surface area (TPSA) is 30.7 Å². The summed E-state index contributed by atoms with van der Waals surface area (Å²) in [7, 11) is 0. The summed E-state index contributed by atoms with van der Waals surface area (Å²) in [5.74, 6) is 1.15. The van der Waals surface area contributed by atoms with E-state index in [1.807, 2.05) is 6.33 Å². The van der Waals surface area contributed by atoms with E-state index in [1.54, 1.807) is 0 Å². The van der Waals surface area contributed by atoms with Gasteiger partial charge in [-0.2, -0.15) is 0 Å². The summed E-state index contributed by atoms with van der Waals surface area (Å²) in [5, 5.41) is 8.19. The highest BCUT2D eigenvalue weighted by Crippen LogP contribution is 2.12. The van der Waals surface area contributed by atoms with E-state index in [1.165, 1.54) is 44.9 Å². The fourth-order valence-corrected chi connectivity index (χ4v) is 2.12. The fraction of sp³-hybridized carbons (Fsp3) is 0.857. The number of aryl methyl sites for hydroxylation is 1. The molecule has 1 rings (SSSR count). The van der Waals surface area contributed by atoms with Gasteiger partial charge < -0.3 is 4.57 Å². The lowest BCUT2D eigenvalue weighted by molar-refractivity contribution is 0.542. The van der Waals surface area contributed by atoms with Gasteiger partial charge >= 0.3 is 0 Å². The number of hydrogen-bond acceptors (Lipinski definition) is 2. The first-order valence-electron chi connectivity index (χ1n) is 7.14. The van der Waals surface area contributed by atoms with Crippen LogP contribution in [0, 0.1) is 0 Å². The summed E-state index contributed by atoms with van der Waals surface area (Å²) < 4.78 is 2.18. The minimum absolute atomic E-state index is 0.476. The molecule has 0 N–H and O–H groups in total. The van der Waals surface area contributed by atoms with Crippen molar-refractivity contribution >= 4 is 0 Å². The Kier molecular flexibility index (Phi) is 6.90. The molecule has 0 amide bonds. The number of rotatable bonds is 9. The minimum atomic E-state index is 0.476. The van der Waals surface area contributed by atoms with E-state index in [-0.39, 0.29) is 0 Å². The van der Waals surface area contributed by atoms with Crippen LogP contribution < -0.4 is 0 Å². The predicted molar refractivity (Wildman–Crippen MR) is 72.1 cm³/mol. The summed E-state index contributed by atoms with van der Waals surface area (Å²) >= 11 is 0. The second-order valence-corrected chi connectivity index (χ2v) is 5.12. The van der Waals surface area contributed by atoms with Crippen molar-refractivity contribution in [3.63, 3.8) is 0 Å². The van der Waals surface area contributed by atoms with E-state index in [0.29, 0.717) is 6.04 Å². The maximum atomic E-state index is 4.20. The first kappa shape index (κ1) is 14.2. The highest BCUT2D eigenvalue weighted by atomic mass is 15.3. The van der Waals surface area contributed by atoms with Gasteiger partial charge in [0.2, 0.25) is 0 Å². The van der Waals surface area contributed by atoms with E-state index in [0.717, 1.165) is 12.2 Å². The second-order valence-electron chi connectivity index (χ2n) is 5.12. The molecule has 0 aliphatic carbocycles. The van der Waals surface area contributed by atoms with E-state index in [9.17, 15) is 0 Å². The van der Waals surface area contributed by atoms with Gasteiger partial charge in [0.1, 0.15) is 12.2 Å². The Morgan fingerprint density at radius 3 is 2.35 bits per heavy atom. The van der Waals surface area contributed by atoms with Crippen molar-refractivity contribution in [2.75, 3.05) is 0 Å². The normalized spacial score (nSPS) is 11.3. The Bertz CT molecular complexity index is 291. The van der Waals surface area contributed by atoms with Gasteiger partial charge in [-0.15, -0.1) is 10.2 Å². The zero-order chi connectivity index (χ0) is 12.5. The number of hydrogen-bond donors (Lipinski definition) is 0. The lowest BCUT2D eigenvalue weighted by atomic mass is 10.1. The van der Waals surface area contributed by atoms with Crippen LogP contribution in [0.2, 0.25) is 0 Å². The molecule has 1 heterocycles. The molecule has 17 heavy (non-hydrogen) atoms. The highest BCUT2D eigenvalue weighted by Gasteiger charge is 2.06. The van der Waals surface area contributed by atoms with Crippen LogP contribution in [0.15, 0.2) is 6.33 Å². The molecule has 0 bridgehead atoms. The molecule has 0 fully saturated rings. The minimum Gasteiger partial charge on any atom is -0.315 e. The molecule has 0 aliphatic heterocycles. The van der Waals surface area contributed by atoms with Crippen molar-refractivity contribution in [3.8, 4) is 0 Å². The molecule has 1 aromatic rings. The monoisotopic (exact) mass is 237 g/mol. The third-order valence-corrected chi connectivity index (χ3v) is 3.21. The molecule has 98 valence electrons. The summed E-state index contributed by atoms with van der Waals surface area (Å²) in [6, 6.07) is 0.476. The van der Waals surface area contributed by atoms with Crippen molar-refractivity contribution in [2.24, 2.45) is 0 Å². The standard InChI is InChI=1S/C14H27N3/c1-4-5-6-7-8-9-10-11-14-16-15-12-17(14)13(2)3/h12-13H,4-11H2,1-3H3. The van der Waals surface area contributed by atoms with E-state index in [2.05, 4.69) is 35.5 Å². The summed E-state index contributed by atoms with van der Waals surface area (Å²) in [5.41, 5.74) is 0. The highest BCUT2D eigenvalue weighted by molar-refractivity contribution is 4.87. The Morgan fingerprint density at radius 2 is 1.71 bits per heavy atom. The average Bonchev–Trinajstić information content (AvgIpc) is 2.76. The Labute approximate surface area is 106 Å². The number of aromatic nitrogens is 3. The molecule has 3 heteroatoms. The van der Waals surface area contributed by atoms with Crippen molar-refractivity contribution in [2.45, 2.75) is 78.2 Å². The van der Waals surface area contributed by atoms with Gasteiger partial charge in [-0.25, -0.2) is 0 Å². The van der Waals surface area contributed by atoms with Gasteiger partial charge in [0.05, 0.1) is 0 Å². The molecule has 0 aromatic carbocycles. The lowest BCUT2D eigenvalue weighted by Gasteiger charge is -2.09. The molecule has 0 saturated heterocycles. The van der Waals surface area contributed by atoms with Gasteiger partial charge in [0, 0.05) is 12.5 Å². The van der Waals surface area contributed by atoms with Gasteiger partial charge in [-0.3, -0.25) is 0 Å². The molecule has 0 spiro atoms. The summed E-state index contributed by atoms with van der Waals surface area (Å²) in [6.07, 6.45) is 12.4. The van der Waals surface area contributed by atoms with Gasteiger partial charge in [-0.05, 0) is 20.3 Å². The average molecular weight is 237 g/mol. The molecule has 0 radical (unpaired) electrons. The molecule has 1 aromatic heterocycles. The van der Waals surface area contributed by atoms with Gasteiger partial charge in [-0.1, -0.05) is 45.4 Å². The van der Waals surface area contributed by atoms with Crippen LogP contribution in [0.1, 0.15) is 77.6 Å². The SMILES string of the molecule is CCCCCCCCCc1nncn1C(C)C. The molecule has 3 nitrogen and oxygen atoms in total. The Hall–Kier alpha value is -0.860. The largest absolute Gasteiger partial charge is 0.315 e. The predicted octanol–water partition coefficient (Wildman–Crippen LogP) is 4.15. The fourth-order valence-electron chi connectivity index (χ4n) is 2.12. The zero-order valence-electron chi connectivity index (χ0n) is 11.7. The summed E-state index contributed by atoms with van der Waals surface area (Å²) in [6.45, 7) is 6.62. The van der Waals surface area contributed by atoms with Crippen LogP contribution in [0.3, 0.4) is 0 Å². The number of unbranched alkanes of at least 4 members (excludes halogenated alkanes) is 6. The lowest BCUT2D eigenvalue weighted by Crippen LogP contribution is -2.05. The van der Waals surface area contributed by atoms with Crippen LogP contribution >= 0.6 is 0 Å². The molecule has 0 aliphatic rings. The zero-order valence-corrected chi connectivity index (χ0v) is 11.7. The Balaban J connectivity index is 2.11. The molecular formula is C14H27N3. The van der Waals surface area contributed by atoms with Crippen LogP contribution in [0.25, 0.3) is 0 Å². The van der Waals surface area contributed by atoms with Crippen LogP contribution in [-0.2, 0) is 6.42 Å². The molecule has 0 saturated carbocycles. The maximum absolute atomic E-state index is 4.20. The third kappa shape index (κ3) is 5.33. The van der Waals surface area contributed by atoms with Crippen molar-refractivity contribution < 1.29 is 0 Å². The second kappa shape index (κ2) is 8.26. The third-order valence-electron chi connectivity index (χ3n) is 3.21. The first-order chi connectivity index (χ1) is 8.25. The van der Waals surface area contributed by atoms with Gasteiger partial charge in [0.25, 0.3) is 0 Å².